The second-order valence-electron chi connectivity index (χ2n) is 7.76. The fourth-order valence-corrected chi connectivity index (χ4v) is 4.81. The second-order valence-corrected chi connectivity index (χ2v) is 8.62. The molecule has 3 aromatic heterocycles. The third kappa shape index (κ3) is 3.74. The fourth-order valence-electron chi connectivity index (χ4n) is 4.05. The monoisotopic (exact) mass is 430 g/mol. The predicted octanol–water partition coefficient (Wildman–Crippen LogP) is 4.06. The van der Waals surface area contributed by atoms with Gasteiger partial charge in [0.05, 0.1) is 16.6 Å². The van der Waals surface area contributed by atoms with Crippen molar-refractivity contribution in [3.05, 3.63) is 64.2 Å². The zero-order valence-electron chi connectivity index (χ0n) is 17.2. The Morgan fingerprint density at radius 2 is 1.97 bits per heavy atom. The maximum Gasteiger partial charge on any atom is 0.265 e. The van der Waals surface area contributed by atoms with Crippen LogP contribution in [0.25, 0.3) is 22.4 Å². The number of pyridine rings is 1. The van der Waals surface area contributed by atoms with E-state index in [4.69, 9.17) is 10.7 Å². The van der Waals surface area contributed by atoms with Crippen molar-refractivity contribution in [1.29, 1.82) is 0 Å². The third-order valence-electron chi connectivity index (χ3n) is 5.71. The van der Waals surface area contributed by atoms with Crippen LogP contribution in [0.2, 0.25) is 0 Å². The first-order chi connectivity index (χ1) is 15.1. The molecule has 4 aromatic rings. The number of piperidine rings is 1. The highest BCUT2D eigenvalue weighted by Crippen LogP contribution is 2.30. The molecule has 156 valence electrons. The molecule has 31 heavy (non-hydrogen) atoms. The molecule has 1 fully saturated rings. The number of aromatic nitrogens is 4. The van der Waals surface area contributed by atoms with Crippen molar-refractivity contribution in [2.45, 2.75) is 25.7 Å². The molecular weight excluding hydrogens is 408 g/mol. The van der Waals surface area contributed by atoms with E-state index in [2.05, 4.69) is 15.0 Å². The van der Waals surface area contributed by atoms with Crippen LogP contribution in [0.3, 0.4) is 0 Å². The summed E-state index contributed by atoms with van der Waals surface area (Å²) >= 11 is 1.40. The minimum atomic E-state index is 0.0587. The maximum absolute atomic E-state index is 13.0. The quantitative estimate of drug-likeness (QED) is 0.526. The normalized spacial score (nSPS) is 16.5. The lowest BCUT2D eigenvalue weighted by atomic mass is 9.94. The number of hydrogen-bond donors (Lipinski definition) is 1. The maximum atomic E-state index is 13.0. The van der Waals surface area contributed by atoms with Crippen molar-refractivity contribution in [2.24, 2.45) is 0 Å². The molecule has 1 amide bonds. The third-order valence-corrected chi connectivity index (χ3v) is 6.63. The standard InChI is InChI=1S/C23H22N6OS/c1-14-19(31-13-25-14)23(30)29-11-5-8-16(12-29)18-10-9-17-20(24)27-21(28-22(17)26-18)15-6-3-2-4-7-15/h2-4,6-7,9-10,13,16H,5,8,11-12H2,1H3,(H2,24,26,27,28)/t16-/m1/s1. The smallest absolute Gasteiger partial charge is 0.265 e. The molecule has 1 saturated heterocycles. The van der Waals surface area contributed by atoms with E-state index in [1.807, 2.05) is 54.3 Å². The highest BCUT2D eigenvalue weighted by Gasteiger charge is 2.28. The van der Waals surface area contributed by atoms with Gasteiger partial charge in [0.1, 0.15) is 10.7 Å². The lowest BCUT2D eigenvalue weighted by Crippen LogP contribution is -2.39. The second kappa shape index (κ2) is 8.03. The van der Waals surface area contributed by atoms with Crippen molar-refractivity contribution >= 4 is 34.1 Å². The van der Waals surface area contributed by atoms with Gasteiger partial charge in [0.25, 0.3) is 5.91 Å². The number of hydrogen-bond acceptors (Lipinski definition) is 7. The van der Waals surface area contributed by atoms with Gasteiger partial charge >= 0.3 is 0 Å². The van der Waals surface area contributed by atoms with E-state index in [-0.39, 0.29) is 11.8 Å². The minimum Gasteiger partial charge on any atom is -0.383 e. The van der Waals surface area contributed by atoms with Gasteiger partial charge in [0, 0.05) is 30.3 Å². The molecular formula is C23H22N6OS. The number of aryl methyl sites for hydroxylation is 1. The summed E-state index contributed by atoms with van der Waals surface area (Å²) in [4.78, 5) is 33.8. The Morgan fingerprint density at radius 3 is 2.74 bits per heavy atom. The van der Waals surface area contributed by atoms with Crippen LogP contribution in [-0.4, -0.2) is 43.8 Å². The van der Waals surface area contributed by atoms with Gasteiger partial charge in [-0.2, -0.15) is 0 Å². The van der Waals surface area contributed by atoms with Crippen LogP contribution in [0.5, 0.6) is 0 Å². The first-order valence-electron chi connectivity index (χ1n) is 10.3. The number of rotatable bonds is 3. The Bertz CT molecular complexity index is 1260. The number of nitrogen functional groups attached to an aromatic ring is 1. The predicted molar refractivity (Wildman–Crippen MR) is 122 cm³/mol. The topological polar surface area (TPSA) is 97.9 Å². The molecule has 0 spiro atoms. The van der Waals surface area contributed by atoms with Gasteiger partial charge in [-0.3, -0.25) is 4.79 Å². The number of carbonyl (C=O) groups is 1. The summed E-state index contributed by atoms with van der Waals surface area (Å²) in [6.07, 6.45) is 1.92. The van der Waals surface area contributed by atoms with E-state index >= 15 is 0 Å². The van der Waals surface area contributed by atoms with E-state index in [9.17, 15) is 4.79 Å². The number of anilines is 1. The lowest BCUT2D eigenvalue weighted by Gasteiger charge is -2.32. The number of nitrogens with zero attached hydrogens (tertiary/aromatic N) is 5. The Labute approximate surface area is 184 Å². The van der Waals surface area contributed by atoms with Crippen molar-refractivity contribution in [3.63, 3.8) is 0 Å². The minimum absolute atomic E-state index is 0.0587. The Morgan fingerprint density at radius 1 is 1.13 bits per heavy atom. The number of amides is 1. The number of benzene rings is 1. The first-order valence-corrected chi connectivity index (χ1v) is 11.2. The van der Waals surface area contributed by atoms with Gasteiger partial charge in [-0.1, -0.05) is 30.3 Å². The summed E-state index contributed by atoms with van der Waals surface area (Å²) in [7, 11) is 0. The van der Waals surface area contributed by atoms with Crippen LogP contribution in [0.1, 0.15) is 39.8 Å². The van der Waals surface area contributed by atoms with Gasteiger partial charge in [-0.15, -0.1) is 11.3 Å². The summed E-state index contributed by atoms with van der Waals surface area (Å²) < 4.78 is 0. The van der Waals surface area contributed by atoms with Crippen LogP contribution in [0, 0.1) is 6.92 Å². The largest absolute Gasteiger partial charge is 0.383 e. The SMILES string of the molecule is Cc1ncsc1C(=O)N1CCC[C@@H](c2ccc3c(N)nc(-c4ccccc4)nc3n2)C1. The van der Waals surface area contributed by atoms with E-state index < -0.39 is 0 Å². The number of fused-ring (bicyclic) bond motifs is 1. The molecule has 4 heterocycles. The average Bonchev–Trinajstić information content (AvgIpc) is 3.24. The molecule has 7 nitrogen and oxygen atoms in total. The number of thiazole rings is 1. The summed E-state index contributed by atoms with van der Waals surface area (Å²) in [5, 5.41) is 0.743. The molecule has 1 aromatic carbocycles. The number of nitrogens with two attached hydrogens (primary N) is 1. The zero-order chi connectivity index (χ0) is 21.4. The Kier molecular flexibility index (Phi) is 5.07. The van der Waals surface area contributed by atoms with Crippen LogP contribution in [0.4, 0.5) is 5.82 Å². The lowest BCUT2D eigenvalue weighted by molar-refractivity contribution is 0.0710. The molecule has 5 rings (SSSR count). The average molecular weight is 431 g/mol. The molecule has 2 N–H and O–H groups in total. The summed E-state index contributed by atoms with van der Waals surface area (Å²) in [6.45, 7) is 3.28. The van der Waals surface area contributed by atoms with Crippen molar-refractivity contribution in [1.82, 2.24) is 24.8 Å². The van der Waals surface area contributed by atoms with E-state index in [0.29, 0.717) is 23.8 Å². The van der Waals surface area contributed by atoms with Gasteiger partial charge in [0.2, 0.25) is 0 Å². The molecule has 0 saturated carbocycles. The van der Waals surface area contributed by atoms with E-state index in [1.54, 1.807) is 5.51 Å². The molecule has 1 aliphatic heterocycles. The first kappa shape index (κ1) is 19.6. The zero-order valence-corrected chi connectivity index (χ0v) is 18.0. The number of carbonyl (C=O) groups excluding carboxylic acids is 1. The van der Waals surface area contributed by atoms with Crippen molar-refractivity contribution in [3.8, 4) is 11.4 Å². The summed E-state index contributed by atoms with van der Waals surface area (Å²) in [5.41, 5.74) is 11.1. The Hall–Kier alpha value is -3.39. The van der Waals surface area contributed by atoms with Crippen molar-refractivity contribution < 1.29 is 4.79 Å². The molecule has 0 bridgehead atoms. The summed E-state index contributed by atoms with van der Waals surface area (Å²) in [6, 6.07) is 13.7. The molecule has 1 aliphatic rings. The highest BCUT2D eigenvalue weighted by molar-refractivity contribution is 7.11. The van der Waals surface area contributed by atoms with E-state index in [0.717, 1.165) is 46.6 Å². The highest BCUT2D eigenvalue weighted by atomic mass is 32.1. The molecule has 1 atom stereocenters. The molecule has 0 radical (unpaired) electrons. The Balaban J connectivity index is 1.45. The summed E-state index contributed by atoms with van der Waals surface area (Å²) in [5.74, 6) is 1.20. The molecule has 0 unspecified atom stereocenters. The number of likely N-dealkylation sites (tertiary alicyclic amines) is 1. The van der Waals surface area contributed by atoms with Crippen LogP contribution in [0.15, 0.2) is 48.0 Å². The van der Waals surface area contributed by atoms with Gasteiger partial charge in [-0.25, -0.2) is 19.9 Å². The van der Waals surface area contributed by atoms with Crippen LogP contribution in [-0.2, 0) is 0 Å². The van der Waals surface area contributed by atoms with Crippen LogP contribution < -0.4 is 5.73 Å². The van der Waals surface area contributed by atoms with Gasteiger partial charge < -0.3 is 10.6 Å². The van der Waals surface area contributed by atoms with Crippen molar-refractivity contribution in [2.75, 3.05) is 18.8 Å². The van der Waals surface area contributed by atoms with E-state index in [1.165, 1.54) is 11.3 Å². The van der Waals surface area contributed by atoms with Gasteiger partial charge in [-0.05, 0) is 31.9 Å². The molecule has 0 aliphatic carbocycles. The van der Waals surface area contributed by atoms with Crippen LogP contribution >= 0.6 is 11.3 Å². The fraction of sp³-hybridized carbons (Fsp3) is 0.261. The molecule has 8 heteroatoms. The van der Waals surface area contributed by atoms with Gasteiger partial charge in [0.15, 0.2) is 11.5 Å².